The Balaban J connectivity index is 1.84. The fraction of sp³-hybridized carbons (Fsp3) is 0.227. The lowest BCUT2D eigenvalue weighted by atomic mass is 10.2. The molecular weight excluding hydrogens is 366 g/mol. The largest absolute Gasteiger partial charge is 0.378 e. The topological polar surface area (TPSA) is 65.1 Å². The molecule has 0 saturated heterocycles. The number of hydrogen-bond donors (Lipinski definition) is 0. The maximum absolute atomic E-state index is 13.4. The second-order valence-electron chi connectivity index (χ2n) is 7.16. The summed E-state index contributed by atoms with van der Waals surface area (Å²) in [4.78, 5) is 32.5. The summed E-state index contributed by atoms with van der Waals surface area (Å²) in [7, 11) is 3.85. The van der Waals surface area contributed by atoms with E-state index in [2.05, 4.69) is 4.98 Å². The molecule has 0 aliphatic carbocycles. The molecule has 0 aliphatic heterocycles. The predicted octanol–water partition coefficient (Wildman–Crippen LogP) is 2.51. The number of aryl methyl sites for hydroxylation is 2. The number of benzene rings is 2. The van der Waals surface area contributed by atoms with Crippen LogP contribution in [-0.4, -0.2) is 32.8 Å². The lowest BCUT2D eigenvalue weighted by molar-refractivity contribution is 0.549. The monoisotopic (exact) mass is 389 g/mol. The van der Waals surface area contributed by atoms with Crippen molar-refractivity contribution >= 4 is 16.6 Å². The van der Waals surface area contributed by atoms with Crippen molar-refractivity contribution in [2.24, 2.45) is 0 Å². The van der Waals surface area contributed by atoms with Crippen molar-refractivity contribution in [1.29, 1.82) is 0 Å². The third kappa shape index (κ3) is 3.59. The Kier molecular flexibility index (Phi) is 5.03. The van der Waals surface area contributed by atoms with Gasteiger partial charge in [-0.1, -0.05) is 18.2 Å². The van der Waals surface area contributed by atoms with Crippen LogP contribution in [0.1, 0.15) is 6.42 Å². The van der Waals surface area contributed by atoms with Gasteiger partial charge in [-0.3, -0.25) is 9.36 Å². The van der Waals surface area contributed by atoms with E-state index in [1.807, 2.05) is 66.2 Å². The van der Waals surface area contributed by atoms with Gasteiger partial charge in [0.25, 0.3) is 5.56 Å². The number of fused-ring (bicyclic) bond motifs is 1. The standard InChI is InChI=1S/C22H23N5O2/c1-24(2)17-7-5-8-18(15-17)27-21(28)19-9-3-4-10-20(19)26(22(27)29)13-6-12-25-14-11-23-16-25/h3-5,7-11,14-16H,6,12-13H2,1-2H3. The molecule has 29 heavy (non-hydrogen) atoms. The van der Waals surface area contributed by atoms with Crippen LogP contribution in [0, 0.1) is 0 Å². The van der Waals surface area contributed by atoms with Crippen molar-refractivity contribution in [3.05, 3.63) is 88.1 Å². The first-order valence-corrected chi connectivity index (χ1v) is 9.54. The van der Waals surface area contributed by atoms with Crippen molar-refractivity contribution in [1.82, 2.24) is 18.7 Å². The van der Waals surface area contributed by atoms with Gasteiger partial charge in [-0.15, -0.1) is 0 Å². The molecule has 2 aromatic heterocycles. The number of hydrogen-bond acceptors (Lipinski definition) is 4. The second kappa shape index (κ2) is 7.79. The number of para-hydroxylation sites is 1. The highest BCUT2D eigenvalue weighted by atomic mass is 16.2. The van der Waals surface area contributed by atoms with Crippen LogP contribution < -0.4 is 16.1 Å². The zero-order valence-corrected chi connectivity index (χ0v) is 16.5. The van der Waals surface area contributed by atoms with Gasteiger partial charge < -0.3 is 9.47 Å². The van der Waals surface area contributed by atoms with Gasteiger partial charge in [-0.05, 0) is 36.8 Å². The summed E-state index contributed by atoms with van der Waals surface area (Å²) in [6, 6.07) is 14.7. The van der Waals surface area contributed by atoms with Crippen LogP contribution in [0.5, 0.6) is 0 Å². The first-order valence-electron chi connectivity index (χ1n) is 9.54. The van der Waals surface area contributed by atoms with E-state index in [9.17, 15) is 9.59 Å². The molecule has 0 bridgehead atoms. The van der Waals surface area contributed by atoms with Gasteiger partial charge in [0.1, 0.15) is 0 Å². The number of nitrogens with zero attached hydrogens (tertiary/aromatic N) is 5. The molecule has 0 unspecified atom stereocenters. The molecule has 2 aromatic carbocycles. The Labute approximate surface area is 168 Å². The van der Waals surface area contributed by atoms with E-state index in [4.69, 9.17) is 0 Å². The summed E-state index contributed by atoms with van der Waals surface area (Å²) in [5, 5.41) is 0.532. The summed E-state index contributed by atoms with van der Waals surface area (Å²) in [5.74, 6) is 0. The summed E-state index contributed by atoms with van der Waals surface area (Å²) in [5.41, 5.74) is 1.53. The number of anilines is 1. The fourth-order valence-electron chi connectivity index (χ4n) is 3.51. The number of aromatic nitrogens is 4. The summed E-state index contributed by atoms with van der Waals surface area (Å²) in [6.45, 7) is 1.25. The van der Waals surface area contributed by atoms with E-state index >= 15 is 0 Å². The molecule has 148 valence electrons. The minimum absolute atomic E-state index is 0.299. The molecule has 2 heterocycles. The lowest BCUT2D eigenvalue weighted by Gasteiger charge is -2.17. The molecule has 0 N–H and O–H groups in total. The third-order valence-electron chi connectivity index (χ3n) is 5.01. The van der Waals surface area contributed by atoms with E-state index in [1.54, 1.807) is 29.2 Å². The number of rotatable bonds is 6. The molecule has 4 aromatic rings. The first kappa shape index (κ1) is 18.7. The van der Waals surface area contributed by atoms with E-state index in [0.717, 1.165) is 18.7 Å². The smallest absolute Gasteiger partial charge is 0.336 e. The van der Waals surface area contributed by atoms with Crippen LogP contribution in [0.2, 0.25) is 0 Å². The zero-order valence-electron chi connectivity index (χ0n) is 16.5. The highest BCUT2D eigenvalue weighted by Crippen LogP contribution is 2.16. The van der Waals surface area contributed by atoms with Crippen molar-refractivity contribution in [2.75, 3.05) is 19.0 Å². The normalized spacial score (nSPS) is 11.1. The van der Waals surface area contributed by atoms with Gasteiger partial charge in [0.05, 0.1) is 22.9 Å². The molecular formula is C22H23N5O2. The van der Waals surface area contributed by atoms with Gasteiger partial charge in [0.2, 0.25) is 0 Å². The van der Waals surface area contributed by atoms with Crippen LogP contribution in [0.15, 0.2) is 76.8 Å². The van der Waals surface area contributed by atoms with Crippen LogP contribution in [0.3, 0.4) is 0 Å². The fourth-order valence-corrected chi connectivity index (χ4v) is 3.51. The minimum atomic E-state index is -0.324. The molecule has 7 heteroatoms. The first-order chi connectivity index (χ1) is 14.1. The average Bonchev–Trinajstić information content (AvgIpc) is 3.24. The van der Waals surface area contributed by atoms with Gasteiger partial charge in [-0.25, -0.2) is 14.3 Å². The third-order valence-corrected chi connectivity index (χ3v) is 5.01. The SMILES string of the molecule is CN(C)c1cccc(-n2c(=O)c3ccccc3n(CCCn3ccnc3)c2=O)c1. The molecule has 0 atom stereocenters. The second-order valence-corrected chi connectivity index (χ2v) is 7.16. The maximum Gasteiger partial charge on any atom is 0.336 e. The molecule has 4 rings (SSSR count). The molecule has 0 saturated carbocycles. The van der Waals surface area contributed by atoms with Crippen molar-refractivity contribution in [2.45, 2.75) is 19.5 Å². The molecule has 0 fully saturated rings. The molecule has 7 nitrogen and oxygen atoms in total. The van der Waals surface area contributed by atoms with E-state index in [0.29, 0.717) is 23.1 Å². The predicted molar refractivity (Wildman–Crippen MR) is 115 cm³/mol. The number of imidazole rings is 1. The minimum Gasteiger partial charge on any atom is -0.378 e. The van der Waals surface area contributed by atoms with Crippen LogP contribution >= 0.6 is 0 Å². The van der Waals surface area contributed by atoms with Gasteiger partial charge >= 0.3 is 5.69 Å². The molecule has 0 radical (unpaired) electrons. The van der Waals surface area contributed by atoms with E-state index < -0.39 is 0 Å². The Morgan fingerprint density at radius 1 is 1.00 bits per heavy atom. The summed E-state index contributed by atoms with van der Waals surface area (Å²) >= 11 is 0. The van der Waals surface area contributed by atoms with Crippen molar-refractivity contribution in [3.8, 4) is 5.69 Å². The average molecular weight is 389 g/mol. The molecule has 0 amide bonds. The Bertz CT molecular complexity index is 1250. The van der Waals surface area contributed by atoms with Crippen LogP contribution in [0.4, 0.5) is 5.69 Å². The Hall–Kier alpha value is -3.61. The Morgan fingerprint density at radius 3 is 2.59 bits per heavy atom. The van der Waals surface area contributed by atoms with Crippen molar-refractivity contribution < 1.29 is 0 Å². The highest BCUT2D eigenvalue weighted by Gasteiger charge is 2.14. The molecule has 0 aliphatic rings. The summed E-state index contributed by atoms with van der Waals surface area (Å²) < 4.78 is 4.94. The lowest BCUT2D eigenvalue weighted by Crippen LogP contribution is -2.39. The highest BCUT2D eigenvalue weighted by molar-refractivity contribution is 5.78. The quantitative estimate of drug-likeness (QED) is 0.508. The zero-order chi connectivity index (χ0) is 20.4. The van der Waals surface area contributed by atoms with E-state index in [1.165, 1.54) is 4.57 Å². The van der Waals surface area contributed by atoms with Crippen LogP contribution in [0.25, 0.3) is 16.6 Å². The maximum atomic E-state index is 13.4. The van der Waals surface area contributed by atoms with Gasteiger partial charge in [0.15, 0.2) is 0 Å². The van der Waals surface area contributed by atoms with Gasteiger partial charge in [0, 0.05) is 45.3 Å². The van der Waals surface area contributed by atoms with E-state index in [-0.39, 0.29) is 11.2 Å². The molecule has 0 spiro atoms. The van der Waals surface area contributed by atoms with Crippen LogP contribution in [-0.2, 0) is 13.1 Å². The van der Waals surface area contributed by atoms with Gasteiger partial charge in [-0.2, -0.15) is 0 Å². The Morgan fingerprint density at radius 2 is 1.83 bits per heavy atom. The summed E-state index contributed by atoms with van der Waals surface area (Å²) in [6.07, 6.45) is 6.14. The van der Waals surface area contributed by atoms with Crippen molar-refractivity contribution in [3.63, 3.8) is 0 Å².